The van der Waals surface area contributed by atoms with Crippen molar-refractivity contribution in [3.8, 4) is 11.5 Å². The van der Waals surface area contributed by atoms with Gasteiger partial charge >= 0.3 is 11.9 Å². The van der Waals surface area contributed by atoms with E-state index in [0.717, 1.165) is 0 Å². The van der Waals surface area contributed by atoms with E-state index in [0.29, 0.717) is 44.0 Å². The number of hydrogen-bond acceptors (Lipinski definition) is 8. The summed E-state index contributed by atoms with van der Waals surface area (Å²) in [6, 6.07) is 4.56. The Kier molecular flexibility index (Phi) is 5.39. The first-order valence-electron chi connectivity index (χ1n) is 9.65. The van der Waals surface area contributed by atoms with E-state index in [9.17, 15) is 18.0 Å². The van der Waals surface area contributed by atoms with Crippen LogP contribution >= 0.6 is 0 Å². The van der Waals surface area contributed by atoms with Crippen LogP contribution in [-0.4, -0.2) is 63.2 Å². The quantitative estimate of drug-likeness (QED) is 0.660. The predicted octanol–water partition coefficient (Wildman–Crippen LogP) is 1.11. The second-order valence-electron chi connectivity index (χ2n) is 7.39. The zero-order valence-corrected chi connectivity index (χ0v) is 16.9. The number of carbonyl (C=O) groups is 2. The Balaban J connectivity index is 1.37. The van der Waals surface area contributed by atoms with Gasteiger partial charge < -0.3 is 18.9 Å². The molecule has 0 radical (unpaired) electrons. The van der Waals surface area contributed by atoms with Crippen LogP contribution in [0.5, 0.6) is 11.5 Å². The molecule has 2 unspecified atom stereocenters. The van der Waals surface area contributed by atoms with Gasteiger partial charge in [-0.1, -0.05) is 0 Å². The molecule has 29 heavy (non-hydrogen) atoms. The molecule has 9 nitrogen and oxygen atoms in total. The summed E-state index contributed by atoms with van der Waals surface area (Å²) >= 11 is 0. The maximum absolute atomic E-state index is 13.0. The highest BCUT2D eigenvalue weighted by Gasteiger charge is 2.38. The molecule has 4 rings (SSSR count). The van der Waals surface area contributed by atoms with Gasteiger partial charge in [-0.3, -0.25) is 4.79 Å². The van der Waals surface area contributed by atoms with Crippen molar-refractivity contribution in [1.82, 2.24) is 4.31 Å². The first-order valence-corrected chi connectivity index (χ1v) is 11.1. The van der Waals surface area contributed by atoms with Crippen molar-refractivity contribution < 1.29 is 37.0 Å². The van der Waals surface area contributed by atoms with Gasteiger partial charge in [-0.15, -0.1) is 0 Å². The topological polar surface area (TPSA) is 108 Å². The van der Waals surface area contributed by atoms with Crippen molar-refractivity contribution in [3.63, 3.8) is 0 Å². The van der Waals surface area contributed by atoms with Gasteiger partial charge in [-0.25, -0.2) is 13.2 Å². The highest BCUT2D eigenvalue weighted by molar-refractivity contribution is 7.89. The van der Waals surface area contributed by atoms with Gasteiger partial charge in [0.15, 0.2) is 11.5 Å². The normalized spacial score (nSPS) is 25.5. The summed E-state index contributed by atoms with van der Waals surface area (Å²) in [6.07, 6.45) is -0.114. The van der Waals surface area contributed by atoms with E-state index in [1.807, 2.05) is 0 Å². The van der Waals surface area contributed by atoms with Crippen LogP contribution < -0.4 is 9.47 Å². The highest BCUT2D eigenvalue weighted by Crippen LogP contribution is 2.34. The maximum atomic E-state index is 13.0. The molecule has 2 saturated heterocycles. The number of carbonyl (C=O) groups excluding carboxylic acids is 2. The smallest absolute Gasteiger partial charge is 0.347 e. The number of piperidine rings is 1. The number of nitrogens with zero attached hydrogens (tertiary/aromatic N) is 1. The molecule has 0 aromatic heterocycles. The third kappa shape index (κ3) is 4.04. The van der Waals surface area contributed by atoms with Crippen LogP contribution in [0.4, 0.5) is 0 Å². The highest BCUT2D eigenvalue weighted by atomic mass is 32.2. The second kappa shape index (κ2) is 7.83. The summed E-state index contributed by atoms with van der Waals surface area (Å²) in [5, 5.41) is 0. The average molecular weight is 425 g/mol. The number of cyclic esters (lactones) is 1. The second-order valence-corrected chi connectivity index (χ2v) is 9.33. The molecule has 2 fully saturated rings. The molecule has 3 heterocycles. The predicted molar refractivity (Wildman–Crippen MR) is 99.0 cm³/mol. The third-order valence-electron chi connectivity index (χ3n) is 5.32. The molecule has 0 bridgehead atoms. The Labute approximate surface area is 168 Å². The van der Waals surface area contributed by atoms with Crippen LogP contribution in [0.3, 0.4) is 0 Å². The minimum atomic E-state index is -3.71. The van der Waals surface area contributed by atoms with Gasteiger partial charge in [-0.05, 0) is 31.9 Å². The molecule has 3 aliphatic rings. The molecule has 1 aromatic carbocycles. The van der Waals surface area contributed by atoms with Gasteiger partial charge in [-0.2, -0.15) is 4.31 Å². The lowest BCUT2D eigenvalue weighted by Gasteiger charge is -2.30. The van der Waals surface area contributed by atoms with Crippen molar-refractivity contribution >= 4 is 22.0 Å². The molecule has 0 saturated carbocycles. The van der Waals surface area contributed by atoms with Crippen LogP contribution in [0.1, 0.15) is 26.2 Å². The van der Waals surface area contributed by atoms with E-state index >= 15 is 0 Å². The lowest BCUT2D eigenvalue weighted by atomic mass is 9.98. The Morgan fingerprint density at radius 3 is 2.48 bits per heavy atom. The number of benzene rings is 1. The molecule has 3 aliphatic heterocycles. The van der Waals surface area contributed by atoms with E-state index in [4.69, 9.17) is 18.9 Å². The van der Waals surface area contributed by atoms with E-state index in [1.165, 1.54) is 16.4 Å². The van der Waals surface area contributed by atoms with E-state index in [2.05, 4.69) is 0 Å². The zero-order valence-electron chi connectivity index (χ0n) is 16.0. The van der Waals surface area contributed by atoms with Crippen LogP contribution in [0.2, 0.25) is 0 Å². The van der Waals surface area contributed by atoms with Gasteiger partial charge in [0.2, 0.25) is 16.1 Å². The van der Waals surface area contributed by atoms with E-state index in [-0.39, 0.29) is 24.1 Å². The summed E-state index contributed by atoms with van der Waals surface area (Å²) in [6.45, 7) is 2.94. The number of fused-ring (bicyclic) bond motifs is 1. The molecule has 0 N–H and O–H groups in total. The van der Waals surface area contributed by atoms with Crippen LogP contribution in [0.15, 0.2) is 23.1 Å². The lowest BCUT2D eigenvalue weighted by molar-refractivity contribution is -0.164. The number of hydrogen-bond donors (Lipinski definition) is 0. The van der Waals surface area contributed by atoms with E-state index in [1.54, 1.807) is 13.0 Å². The van der Waals surface area contributed by atoms with Gasteiger partial charge in [0.1, 0.15) is 19.3 Å². The molecular weight excluding hydrogens is 402 g/mol. The first kappa shape index (κ1) is 20.0. The van der Waals surface area contributed by atoms with Crippen LogP contribution in [0.25, 0.3) is 0 Å². The Morgan fingerprint density at radius 2 is 1.83 bits per heavy atom. The standard InChI is InChI=1S/C19H23NO8S/c1-12-10-17(19(22)27-12)28-18(21)13-4-6-20(7-5-13)29(23,24)14-2-3-15-16(11-14)26-9-8-25-15/h2-3,11-13,17H,4-10H2,1H3. The summed E-state index contributed by atoms with van der Waals surface area (Å²) in [5.74, 6) is -0.503. The van der Waals surface area contributed by atoms with Gasteiger partial charge in [0.25, 0.3) is 0 Å². The molecule has 10 heteroatoms. The summed E-state index contributed by atoms with van der Waals surface area (Å²) in [4.78, 5) is 24.1. The average Bonchev–Trinajstić information content (AvgIpc) is 3.04. The summed E-state index contributed by atoms with van der Waals surface area (Å²) < 4.78 is 48.4. The van der Waals surface area contributed by atoms with Crippen LogP contribution in [-0.2, 0) is 29.1 Å². The molecule has 0 amide bonds. The minimum absolute atomic E-state index is 0.130. The van der Waals surface area contributed by atoms with Crippen molar-refractivity contribution in [3.05, 3.63) is 18.2 Å². The Hall–Kier alpha value is -2.33. The number of rotatable bonds is 4. The van der Waals surface area contributed by atoms with Gasteiger partial charge in [0.05, 0.1) is 10.8 Å². The number of sulfonamides is 1. The monoisotopic (exact) mass is 425 g/mol. The number of ether oxygens (including phenoxy) is 4. The fraction of sp³-hybridized carbons (Fsp3) is 0.579. The zero-order chi connectivity index (χ0) is 20.6. The Bertz CT molecular complexity index is 907. The SMILES string of the molecule is CC1CC(OC(=O)C2CCN(S(=O)(=O)c3ccc4c(c3)OCCO4)CC2)C(=O)O1. The molecular formula is C19H23NO8S. The van der Waals surface area contributed by atoms with Gasteiger partial charge in [0, 0.05) is 25.6 Å². The van der Waals surface area contributed by atoms with E-state index < -0.39 is 34.0 Å². The largest absolute Gasteiger partial charge is 0.486 e. The van der Waals surface area contributed by atoms with Crippen molar-refractivity contribution in [2.75, 3.05) is 26.3 Å². The number of esters is 2. The lowest BCUT2D eigenvalue weighted by Crippen LogP contribution is -2.41. The summed E-state index contributed by atoms with van der Waals surface area (Å²) in [5.41, 5.74) is 0. The van der Waals surface area contributed by atoms with Crippen LogP contribution in [0, 0.1) is 5.92 Å². The fourth-order valence-corrected chi connectivity index (χ4v) is 5.20. The maximum Gasteiger partial charge on any atom is 0.347 e. The Morgan fingerprint density at radius 1 is 1.14 bits per heavy atom. The third-order valence-corrected chi connectivity index (χ3v) is 7.22. The molecule has 2 atom stereocenters. The molecule has 158 valence electrons. The van der Waals surface area contributed by atoms with Crippen molar-refractivity contribution in [2.45, 2.75) is 43.3 Å². The molecule has 0 aliphatic carbocycles. The molecule has 1 aromatic rings. The van der Waals surface area contributed by atoms with Crippen molar-refractivity contribution in [2.24, 2.45) is 5.92 Å². The summed E-state index contributed by atoms with van der Waals surface area (Å²) in [7, 11) is -3.71. The fourth-order valence-electron chi connectivity index (χ4n) is 3.72. The first-order chi connectivity index (χ1) is 13.8. The minimum Gasteiger partial charge on any atom is -0.486 e. The van der Waals surface area contributed by atoms with Crippen molar-refractivity contribution in [1.29, 1.82) is 0 Å². The molecule has 0 spiro atoms.